The van der Waals surface area contributed by atoms with E-state index in [4.69, 9.17) is 5.73 Å². The molecule has 0 radical (unpaired) electrons. The zero-order valence-electron chi connectivity index (χ0n) is 7.67. The maximum atomic E-state index is 11.4. The van der Waals surface area contributed by atoms with Crippen LogP contribution in [0, 0.1) is 5.92 Å². The van der Waals surface area contributed by atoms with E-state index in [0.29, 0.717) is 12.5 Å². The molecule has 0 fully saturated rings. The monoisotopic (exact) mass is 177 g/mol. The normalized spacial score (nSPS) is 16.8. The molecule has 2 unspecified atom stereocenters. The van der Waals surface area contributed by atoms with Crippen LogP contribution in [-0.4, -0.2) is 21.8 Å². The summed E-state index contributed by atoms with van der Waals surface area (Å²) in [6, 6.07) is 0. The molecule has 0 saturated carbocycles. The summed E-state index contributed by atoms with van der Waals surface area (Å²) in [7, 11) is -0.713. The molecule has 0 heterocycles. The molecule has 2 nitrogen and oxygen atoms in total. The van der Waals surface area contributed by atoms with E-state index in [0.717, 1.165) is 12.2 Å². The molecule has 0 aromatic rings. The standard InChI is InChI=1S/C8H19NOS/c1-4-8(5-9)11(10)6-7(2)3/h7-8H,4-6,9H2,1-3H3. The van der Waals surface area contributed by atoms with Crippen LogP contribution in [0.25, 0.3) is 0 Å². The lowest BCUT2D eigenvalue weighted by molar-refractivity contribution is 0.646. The maximum Gasteiger partial charge on any atom is 0.0467 e. The van der Waals surface area contributed by atoms with Crippen LogP contribution in [-0.2, 0) is 10.8 Å². The van der Waals surface area contributed by atoms with Gasteiger partial charge in [-0.05, 0) is 12.3 Å². The van der Waals surface area contributed by atoms with Gasteiger partial charge in [-0.25, -0.2) is 0 Å². The molecule has 0 amide bonds. The molecule has 0 bridgehead atoms. The quantitative estimate of drug-likeness (QED) is 0.684. The van der Waals surface area contributed by atoms with Gasteiger partial charge in [-0.1, -0.05) is 20.8 Å². The number of hydrogen-bond acceptors (Lipinski definition) is 2. The molecule has 68 valence electrons. The molecule has 0 aromatic carbocycles. The fourth-order valence-corrected chi connectivity index (χ4v) is 2.44. The van der Waals surface area contributed by atoms with Gasteiger partial charge in [0.15, 0.2) is 0 Å². The highest BCUT2D eigenvalue weighted by molar-refractivity contribution is 7.85. The van der Waals surface area contributed by atoms with E-state index in [2.05, 4.69) is 13.8 Å². The highest BCUT2D eigenvalue weighted by Crippen LogP contribution is 2.04. The molecule has 0 saturated heterocycles. The zero-order chi connectivity index (χ0) is 8.85. The minimum Gasteiger partial charge on any atom is -0.329 e. The number of rotatable bonds is 5. The van der Waals surface area contributed by atoms with Crippen molar-refractivity contribution < 1.29 is 4.21 Å². The Labute approximate surface area is 72.0 Å². The lowest BCUT2D eigenvalue weighted by atomic mass is 10.3. The number of hydrogen-bond donors (Lipinski definition) is 1. The highest BCUT2D eigenvalue weighted by Gasteiger charge is 2.13. The van der Waals surface area contributed by atoms with Gasteiger partial charge in [0.05, 0.1) is 0 Å². The Morgan fingerprint density at radius 2 is 2.00 bits per heavy atom. The Bertz CT molecular complexity index is 121. The lowest BCUT2D eigenvalue weighted by Crippen LogP contribution is -2.27. The van der Waals surface area contributed by atoms with E-state index in [1.54, 1.807) is 0 Å². The van der Waals surface area contributed by atoms with Crippen molar-refractivity contribution in [2.45, 2.75) is 32.4 Å². The van der Waals surface area contributed by atoms with Gasteiger partial charge in [0.2, 0.25) is 0 Å². The van der Waals surface area contributed by atoms with Crippen molar-refractivity contribution in [2.24, 2.45) is 11.7 Å². The summed E-state index contributed by atoms with van der Waals surface area (Å²) in [6.07, 6.45) is 0.926. The largest absolute Gasteiger partial charge is 0.329 e. The van der Waals surface area contributed by atoms with Crippen LogP contribution in [0.3, 0.4) is 0 Å². The Morgan fingerprint density at radius 3 is 2.27 bits per heavy atom. The van der Waals surface area contributed by atoms with Gasteiger partial charge in [-0.2, -0.15) is 0 Å². The first-order chi connectivity index (χ1) is 5.11. The van der Waals surface area contributed by atoms with E-state index in [9.17, 15) is 4.21 Å². The molecular formula is C8H19NOS. The average molecular weight is 177 g/mol. The van der Waals surface area contributed by atoms with Gasteiger partial charge < -0.3 is 5.73 Å². The molecular weight excluding hydrogens is 158 g/mol. The second kappa shape index (κ2) is 5.72. The highest BCUT2D eigenvalue weighted by atomic mass is 32.2. The first-order valence-electron chi connectivity index (χ1n) is 4.19. The SMILES string of the molecule is CCC(CN)S(=O)CC(C)C. The maximum absolute atomic E-state index is 11.4. The summed E-state index contributed by atoms with van der Waals surface area (Å²) < 4.78 is 11.4. The molecule has 11 heavy (non-hydrogen) atoms. The topological polar surface area (TPSA) is 43.1 Å². The summed E-state index contributed by atoms with van der Waals surface area (Å²) in [5.41, 5.74) is 5.47. The summed E-state index contributed by atoms with van der Waals surface area (Å²) in [5.74, 6) is 1.30. The summed E-state index contributed by atoms with van der Waals surface area (Å²) in [5, 5.41) is 0.206. The summed E-state index contributed by atoms with van der Waals surface area (Å²) in [4.78, 5) is 0. The Hall–Kier alpha value is 0.110. The lowest BCUT2D eigenvalue weighted by Gasteiger charge is -2.13. The van der Waals surface area contributed by atoms with E-state index in [-0.39, 0.29) is 5.25 Å². The third-order valence-corrected chi connectivity index (χ3v) is 3.85. The minimum atomic E-state index is -0.713. The third kappa shape index (κ3) is 4.53. The third-order valence-electron chi connectivity index (χ3n) is 1.59. The van der Waals surface area contributed by atoms with E-state index < -0.39 is 10.8 Å². The van der Waals surface area contributed by atoms with Gasteiger partial charge in [-0.3, -0.25) is 4.21 Å². The van der Waals surface area contributed by atoms with Gasteiger partial charge in [-0.15, -0.1) is 0 Å². The molecule has 3 heteroatoms. The van der Waals surface area contributed by atoms with Crippen molar-refractivity contribution in [2.75, 3.05) is 12.3 Å². The van der Waals surface area contributed by atoms with Gasteiger partial charge in [0.25, 0.3) is 0 Å². The Balaban J connectivity index is 3.79. The van der Waals surface area contributed by atoms with E-state index in [1.165, 1.54) is 0 Å². The van der Waals surface area contributed by atoms with Crippen molar-refractivity contribution in [1.29, 1.82) is 0 Å². The molecule has 0 aliphatic carbocycles. The predicted octanol–water partition coefficient (Wildman–Crippen LogP) is 1.13. The Kier molecular flexibility index (Phi) is 5.78. The second-order valence-electron chi connectivity index (χ2n) is 3.21. The van der Waals surface area contributed by atoms with Crippen LogP contribution < -0.4 is 5.73 Å². The number of nitrogens with two attached hydrogens (primary N) is 1. The summed E-state index contributed by atoms with van der Waals surface area (Å²) >= 11 is 0. The van der Waals surface area contributed by atoms with Crippen LogP contribution in [0.4, 0.5) is 0 Å². The molecule has 0 spiro atoms. The van der Waals surface area contributed by atoms with Crippen molar-refractivity contribution in [3.05, 3.63) is 0 Å². The second-order valence-corrected chi connectivity index (χ2v) is 4.97. The van der Waals surface area contributed by atoms with Crippen LogP contribution in [0.5, 0.6) is 0 Å². The van der Waals surface area contributed by atoms with Crippen molar-refractivity contribution in [3.8, 4) is 0 Å². The average Bonchev–Trinajstić information content (AvgIpc) is 1.88. The smallest absolute Gasteiger partial charge is 0.0467 e. The first-order valence-corrected chi connectivity index (χ1v) is 5.57. The zero-order valence-corrected chi connectivity index (χ0v) is 8.49. The fourth-order valence-electron chi connectivity index (χ4n) is 0.924. The van der Waals surface area contributed by atoms with Crippen molar-refractivity contribution in [3.63, 3.8) is 0 Å². The van der Waals surface area contributed by atoms with E-state index >= 15 is 0 Å². The molecule has 0 aromatic heterocycles. The van der Waals surface area contributed by atoms with Gasteiger partial charge in [0.1, 0.15) is 0 Å². The van der Waals surface area contributed by atoms with Gasteiger partial charge in [0, 0.05) is 28.3 Å². The summed E-state index contributed by atoms with van der Waals surface area (Å²) in [6.45, 7) is 6.76. The predicted molar refractivity (Wildman–Crippen MR) is 51.0 cm³/mol. The van der Waals surface area contributed by atoms with Crippen LogP contribution in [0.2, 0.25) is 0 Å². The van der Waals surface area contributed by atoms with Crippen molar-refractivity contribution in [1.82, 2.24) is 0 Å². The van der Waals surface area contributed by atoms with E-state index in [1.807, 2.05) is 6.92 Å². The van der Waals surface area contributed by atoms with Crippen LogP contribution >= 0.6 is 0 Å². The molecule has 0 aliphatic heterocycles. The molecule has 0 aliphatic rings. The minimum absolute atomic E-state index is 0.206. The van der Waals surface area contributed by atoms with Gasteiger partial charge >= 0.3 is 0 Å². The Morgan fingerprint density at radius 1 is 1.45 bits per heavy atom. The molecule has 0 rings (SSSR count). The first kappa shape index (κ1) is 11.1. The van der Waals surface area contributed by atoms with Crippen molar-refractivity contribution >= 4 is 10.8 Å². The fraction of sp³-hybridized carbons (Fsp3) is 1.00. The van der Waals surface area contributed by atoms with Crippen LogP contribution in [0.15, 0.2) is 0 Å². The van der Waals surface area contributed by atoms with Crippen LogP contribution in [0.1, 0.15) is 27.2 Å². The molecule has 2 atom stereocenters. The molecule has 2 N–H and O–H groups in total.